The molecule has 0 bridgehead atoms. The second-order valence-corrected chi connectivity index (χ2v) is 15.1. The summed E-state index contributed by atoms with van der Waals surface area (Å²) in [6.07, 6.45) is 7.02. The Kier molecular flexibility index (Phi) is 10.7. The first-order chi connectivity index (χ1) is 22.7. The second kappa shape index (κ2) is 14.9. The van der Waals surface area contributed by atoms with Crippen LogP contribution < -0.4 is 4.74 Å². The Balaban J connectivity index is 1.05. The van der Waals surface area contributed by atoms with Gasteiger partial charge in [0.1, 0.15) is 5.82 Å². The predicted molar refractivity (Wildman–Crippen MR) is 186 cm³/mol. The number of carbonyl (C=O) groups excluding carboxylic acids is 1. The number of benzene rings is 2. The first-order valence-corrected chi connectivity index (χ1v) is 17.9. The highest BCUT2D eigenvalue weighted by atomic mass is 19.1. The van der Waals surface area contributed by atoms with Crippen molar-refractivity contribution in [3.8, 4) is 5.75 Å². The van der Waals surface area contributed by atoms with E-state index in [0.29, 0.717) is 30.6 Å². The zero-order valence-electron chi connectivity index (χ0n) is 29.0. The van der Waals surface area contributed by atoms with Gasteiger partial charge in [-0.3, -0.25) is 4.79 Å². The molecule has 1 saturated carbocycles. The average Bonchev–Trinajstić information content (AvgIpc) is 3.27. The quantitative estimate of drug-likeness (QED) is 0.225. The van der Waals surface area contributed by atoms with Gasteiger partial charge in [-0.1, -0.05) is 63.9 Å². The number of piperazine rings is 1. The first kappa shape index (κ1) is 33.7. The largest absolute Gasteiger partial charge is 0.490 e. The third-order valence-electron chi connectivity index (χ3n) is 10.5. The minimum Gasteiger partial charge on any atom is -0.490 e. The smallest absolute Gasteiger partial charge is 0.254 e. The zero-order chi connectivity index (χ0) is 33.0. The zero-order valence-corrected chi connectivity index (χ0v) is 29.0. The molecule has 6 rings (SSSR count). The number of rotatable bonds is 10. The molecular formula is C39H54FN5O2. The van der Waals surface area contributed by atoms with E-state index in [1.54, 1.807) is 12.1 Å². The molecule has 3 aliphatic rings. The van der Waals surface area contributed by atoms with E-state index in [4.69, 9.17) is 9.72 Å². The van der Waals surface area contributed by atoms with Crippen LogP contribution in [0.1, 0.15) is 98.3 Å². The van der Waals surface area contributed by atoms with E-state index < -0.39 is 5.82 Å². The Morgan fingerprint density at radius 1 is 0.957 bits per heavy atom. The average molecular weight is 644 g/mol. The summed E-state index contributed by atoms with van der Waals surface area (Å²) in [7, 11) is 0. The number of aromatic nitrogens is 2. The van der Waals surface area contributed by atoms with Crippen LogP contribution in [0, 0.1) is 18.2 Å². The molecule has 1 saturated heterocycles. The van der Waals surface area contributed by atoms with Crippen molar-refractivity contribution in [2.24, 2.45) is 5.41 Å². The van der Waals surface area contributed by atoms with Crippen LogP contribution in [0.2, 0.25) is 0 Å². The molecule has 7 nitrogen and oxygen atoms in total. The molecule has 2 aliphatic heterocycles. The summed E-state index contributed by atoms with van der Waals surface area (Å²) in [6.45, 7) is 17.3. The minimum absolute atomic E-state index is 0.0856. The fourth-order valence-corrected chi connectivity index (χ4v) is 7.77. The fourth-order valence-electron chi connectivity index (χ4n) is 7.77. The summed E-state index contributed by atoms with van der Waals surface area (Å²) in [6, 6.07) is 15.4. The van der Waals surface area contributed by atoms with Gasteiger partial charge >= 0.3 is 0 Å². The Morgan fingerprint density at radius 2 is 1.68 bits per heavy atom. The van der Waals surface area contributed by atoms with Crippen molar-refractivity contribution >= 4 is 5.91 Å². The third kappa shape index (κ3) is 8.26. The Hall–Kier alpha value is -3.23. The lowest BCUT2D eigenvalue weighted by atomic mass is 9.81. The lowest BCUT2D eigenvalue weighted by Gasteiger charge is -2.39. The molecular weight excluding hydrogens is 589 g/mol. The van der Waals surface area contributed by atoms with E-state index in [1.807, 2.05) is 11.0 Å². The van der Waals surface area contributed by atoms with Gasteiger partial charge in [-0.2, -0.15) is 0 Å². The number of halogens is 1. The number of hydrogen-bond donors (Lipinski definition) is 0. The SMILES string of the molecule is Cc1nc2c(n1Cc1ccccc1)C1CCCCC1N(C(=O)c1ccc(OCCCN3CCN(CCC(C)(C)C)CC3)c(F)c1)CC2. The van der Waals surface area contributed by atoms with Crippen LogP contribution in [0.5, 0.6) is 5.75 Å². The number of hydrogen-bond acceptors (Lipinski definition) is 5. The van der Waals surface area contributed by atoms with Crippen molar-refractivity contribution in [3.05, 3.63) is 82.7 Å². The van der Waals surface area contributed by atoms with Gasteiger partial charge in [0.25, 0.3) is 5.91 Å². The Bertz CT molecular complexity index is 1490. The molecule has 2 aromatic carbocycles. The fraction of sp³-hybridized carbons (Fsp3) is 0.590. The highest BCUT2D eigenvalue weighted by molar-refractivity contribution is 5.94. The molecule has 0 N–H and O–H groups in total. The highest BCUT2D eigenvalue weighted by Crippen LogP contribution is 2.41. The topological polar surface area (TPSA) is 53.8 Å². The Labute approximate surface area is 281 Å². The number of carbonyl (C=O) groups is 1. The molecule has 3 aromatic rings. The normalized spacial score (nSPS) is 20.8. The van der Waals surface area contributed by atoms with Crippen LogP contribution in [0.4, 0.5) is 4.39 Å². The molecule has 254 valence electrons. The number of aryl methyl sites for hydroxylation is 1. The number of amides is 1. The predicted octanol–water partition coefficient (Wildman–Crippen LogP) is 6.93. The Morgan fingerprint density at radius 3 is 2.40 bits per heavy atom. The van der Waals surface area contributed by atoms with Crippen molar-refractivity contribution in [2.45, 2.75) is 91.1 Å². The highest BCUT2D eigenvalue weighted by Gasteiger charge is 2.40. The van der Waals surface area contributed by atoms with Crippen LogP contribution in [0.15, 0.2) is 48.5 Å². The molecule has 2 unspecified atom stereocenters. The second-order valence-electron chi connectivity index (χ2n) is 15.1. The van der Waals surface area contributed by atoms with Crippen LogP contribution in [0.3, 0.4) is 0 Å². The summed E-state index contributed by atoms with van der Waals surface area (Å²) in [5.74, 6) is 0.935. The molecule has 1 aromatic heterocycles. The van der Waals surface area contributed by atoms with Crippen molar-refractivity contribution in [2.75, 3.05) is 52.4 Å². The minimum atomic E-state index is -0.465. The summed E-state index contributed by atoms with van der Waals surface area (Å²) >= 11 is 0. The van der Waals surface area contributed by atoms with Gasteiger partial charge in [-0.15, -0.1) is 0 Å². The van der Waals surface area contributed by atoms with Gasteiger partial charge in [0.15, 0.2) is 11.6 Å². The third-order valence-corrected chi connectivity index (χ3v) is 10.5. The molecule has 1 amide bonds. The van der Waals surface area contributed by atoms with Crippen LogP contribution in [-0.4, -0.2) is 88.6 Å². The lowest BCUT2D eigenvalue weighted by molar-refractivity contribution is 0.0613. The maximum Gasteiger partial charge on any atom is 0.254 e. The van der Waals surface area contributed by atoms with E-state index >= 15 is 4.39 Å². The van der Waals surface area contributed by atoms with E-state index in [1.165, 1.54) is 23.7 Å². The van der Waals surface area contributed by atoms with E-state index in [0.717, 1.165) is 89.4 Å². The van der Waals surface area contributed by atoms with Crippen LogP contribution in [0.25, 0.3) is 0 Å². The molecule has 0 radical (unpaired) electrons. The summed E-state index contributed by atoms with van der Waals surface area (Å²) in [4.78, 5) is 26.1. The van der Waals surface area contributed by atoms with Crippen molar-refractivity contribution < 1.29 is 13.9 Å². The van der Waals surface area contributed by atoms with Crippen molar-refractivity contribution in [1.82, 2.24) is 24.3 Å². The van der Waals surface area contributed by atoms with Crippen molar-refractivity contribution in [1.29, 1.82) is 0 Å². The van der Waals surface area contributed by atoms with Crippen LogP contribution in [-0.2, 0) is 13.0 Å². The van der Waals surface area contributed by atoms with Crippen molar-refractivity contribution in [3.63, 3.8) is 0 Å². The van der Waals surface area contributed by atoms with Crippen LogP contribution >= 0.6 is 0 Å². The standard InChI is InChI=1S/C39H54FN5O2/c1-29-41-34-17-20-44(35-14-9-8-13-32(35)37(34)45(29)28-30-11-6-5-7-12-30)38(46)31-15-16-36(33(40)27-31)47-26-10-19-42-22-24-43(25-23-42)21-18-39(2,3)4/h5-7,11-12,15-16,27,32,35H,8-10,13-14,17-26,28H2,1-4H3. The summed E-state index contributed by atoms with van der Waals surface area (Å²) in [5.41, 5.74) is 4.43. The molecule has 2 fully saturated rings. The molecule has 0 spiro atoms. The number of fused-ring (bicyclic) bond motifs is 3. The lowest BCUT2D eigenvalue weighted by Crippen LogP contribution is -2.47. The van der Waals surface area contributed by atoms with Gasteiger partial charge in [-0.05, 0) is 68.3 Å². The van der Waals surface area contributed by atoms with E-state index in [2.05, 4.69) is 66.3 Å². The summed E-state index contributed by atoms with van der Waals surface area (Å²) in [5, 5.41) is 0. The van der Waals surface area contributed by atoms with Gasteiger partial charge in [0, 0.05) is 75.5 Å². The molecule has 2 atom stereocenters. The maximum absolute atomic E-state index is 15.3. The molecule has 3 heterocycles. The number of imidazole rings is 1. The van der Waals surface area contributed by atoms with E-state index in [9.17, 15) is 4.79 Å². The van der Waals surface area contributed by atoms with E-state index in [-0.39, 0.29) is 23.6 Å². The van der Waals surface area contributed by atoms with Gasteiger partial charge in [0.2, 0.25) is 0 Å². The monoisotopic (exact) mass is 643 g/mol. The maximum atomic E-state index is 15.3. The number of ether oxygens (including phenoxy) is 1. The number of nitrogens with zero attached hydrogens (tertiary/aromatic N) is 5. The van der Waals surface area contributed by atoms with Gasteiger partial charge < -0.3 is 24.0 Å². The first-order valence-electron chi connectivity index (χ1n) is 17.9. The van der Waals surface area contributed by atoms with Gasteiger partial charge in [0.05, 0.1) is 12.3 Å². The summed E-state index contributed by atoms with van der Waals surface area (Å²) < 4.78 is 23.6. The molecule has 1 aliphatic carbocycles. The molecule has 8 heteroatoms. The molecule has 47 heavy (non-hydrogen) atoms. The van der Waals surface area contributed by atoms with Gasteiger partial charge in [-0.25, -0.2) is 9.37 Å².